The Bertz CT molecular complexity index is 343. The van der Waals surface area contributed by atoms with Crippen LogP contribution in [0, 0.1) is 11.3 Å². The van der Waals surface area contributed by atoms with Crippen molar-refractivity contribution in [2.24, 2.45) is 11.3 Å². The molecule has 1 unspecified atom stereocenters. The summed E-state index contributed by atoms with van der Waals surface area (Å²) in [7, 11) is 1.64. The van der Waals surface area contributed by atoms with Crippen LogP contribution in [0.25, 0.3) is 0 Å². The van der Waals surface area contributed by atoms with Crippen LogP contribution in [0.3, 0.4) is 0 Å². The van der Waals surface area contributed by atoms with Crippen molar-refractivity contribution in [3.63, 3.8) is 0 Å². The van der Waals surface area contributed by atoms with Gasteiger partial charge < -0.3 is 4.74 Å². The molecule has 2 nitrogen and oxygen atoms in total. The number of ether oxygens (including phenoxy) is 1. The van der Waals surface area contributed by atoms with Crippen molar-refractivity contribution in [2.45, 2.75) is 20.8 Å². The highest BCUT2D eigenvalue weighted by Crippen LogP contribution is 2.31. The van der Waals surface area contributed by atoms with Crippen molar-refractivity contribution >= 4 is 5.78 Å². The Morgan fingerprint density at radius 3 is 2.31 bits per heavy atom. The molecular weight excluding hydrogens is 200 g/mol. The molecular formula is C14H20O2. The summed E-state index contributed by atoms with van der Waals surface area (Å²) < 4.78 is 5.19. The number of carbonyl (C=O) groups excluding carboxylic acids is 1. The number of carbonyl (C=O) groups is 1. The fourth-order valence-electron chi connectivity index (χ4n) is 1.71. The van der Waals surface area contributed by atoms with Crippen LogP contribution in [0.5, 0.6) is 0 Å². The topological polar surface area (TPSA) is 26.3 Å². The van der Waals surface area contributed by atoms with Crippen molar-refractivity contribution in [1.29, 1.82) is 0 Å². The Kier molecular flexibility index (Phi) is 4.25. The lowest BCUT2D eigenvalue weighted by Crippen LogP contribution is -2.37. The molecule has 0 saturated carbocycles. The van der Waals surface area contributed by atoms with Crippen molar-refractivity contribution in [3.8, 4) is 0 Å². The Morgan fingerprint density at radius 2 is 1.88 bits per heavy atom. The standard InChI is InChI=1S/C14H20O2/c1-11(2)14(3,10-16-4)13(15)12-8-6-5-7-9-12/h5-9,11H,10H2,1-4H3. The van der Waals surface area contributed by atoms with Crippen molar-refractivity contribution < 1.29 is 9.53 Å². The quantitative estimate of drug-likeness (QED) is 0.712. The fraction of sp³-hybridized carbons (Fsp3) is 0.500. The number of ketones is 1. The van der Waals surface area contributed by atoms with Crippen molar-refractivity contribution in [3.05, 3.63) is 35.9 Å². The van der Waals surface area contributed by atoms with Gasteiger partial charge in [0.25, 0.3) is 0 Å². The van der Waals surface area contributed by atoms with Gasteiger partial charge in [0.2, 0.25) is 0 Å². The molecule has 0 aromatic heterocycles. The molecule has 88 valence electrons. The summed E-state index contributed by atoms with van der Waals surface area (Å²) in [6.45, 7) is 6.54. The smallest absolute Gasteiger partial charge is 0.171 e. The lowest BCUT2D eigenvalue weighted by Gasteiger charge is -2.31. The Morgan fingerprint density at radius 1 is 1.31 bits per heavy atom. The third-order valence-electron chi connectivity index (χ3n) is 3.27. The summed E-state index contributed by atoms with van der Waals surface area (Å²) in [4.78, 5) is 12.4. The number of rotatable bonds is 5. The summed E-state index contributed by atoms with van der Waals surface area (Å²) in [5.41, 5.74) is 0.312. The van der Waals surface area contributed by atoms with Gasteiger partial charge in [-0.2, -0.15) is 0 Å². The first-order chi connectivity index (χ1) is 7.52. The van der Waals surface area contributed by atoms with E-state index in [1.807, 2.05) is 37.3 Å². The van der Waals surface area contributed by atoms with Gasteiger partial charge in [0, 0.05) is 12.7 Å². The van der Waals surface area contributed by atoms with E-state index in [-0.39, 0.29) is 11.7 Å². The molecule has 0 aliphatic carbocycles. The molecule has 16 heavy (non-hydrogen) atoms. The van der Waals surface area contributed by atoms with Crippen LogP contribution in [0.2, 0.25) is 0 Å². The lowest BCUT2D eigenvalue weighted by atomic mass is 9.74. The highest BCUT2D eigenvalue weighted by atomic mass is 16.5. The van der Waals surface area contributed by atoms with E-state index in [1.165, 1.54) is 0 Å². The Hall–Kier alpha value is -1.15. The van der Waals surface area contributed by atoms with Crippen LogP contribution >= 0.6 is 0 Å². The second-order valence-electron chi connectivity index (χ2n) is 4.70. The molecule has 1 aromatic carbocycles. The van der Waals surface area contributed by atoms with Gasteiger partial charge >= 0.3 is 0 Å². The van der Waals surface area contributed by atoms with Crippen LogP contribution in [-0.2, 0) is 4.74 Å². The first-order valence-electron chi connectivity index (χ1n) is 5.61. The van der Waals surface area contributed by atoms with Gasteiger partial charge in [0.05, 0.1) is 12.0 Å². The summed E-state index contributed by atoms with van der Waals surface area (Å²) in [6.07, 6.45) is 0. The number of Topliss-reactive ketones (excluding diaryl/α,β-unsaturated/α-hetero) is 1. The molecule has 0 spiro atoms. The van der Waals surface area contributed by atoms with Gasteiger partial charge in [-0.1, -0.05) is 44.2 Å². The maximum atomic E-state index is 12.4. The van der Waals surface area contributed by atoms with E-state index in [0.717, 1.165) is 5.56 Å². The van der Waals surface area contributed by atoms with E-state index in [4.69, 9.17) is 4.74 Å². The summed E-state index contributed by atoms with van der Waals surface area (Å²) in [5, 5.41) is 0. The molecule has 0 amide bonds. The van der Waals surface area contributed by atoms with E-state index in [1.54, 1.807) is 7.11 Å². The minimum atomic E-state index is -0.448. The van der Waals surface area contributed by atoms with E-state index >= 15 is 0 Å². The van der Waals surface area contributed by atoms with Crippen LogP contribution in [0.15, 0.2) is 30.3 Å². The molecule has 0 radical (unpaired) electrons. The van der Waals surface area contributed by atoms with E-state index in [9.17, 15) is 4.79 Å². The molecule has 2 heteroatoms. The summed E-state index contributed by atoms with van der Waals surface area (Å²) >= 11 is 0. The predicted octanol–water partition coefficient (Wildman–Crippen LogP) is 3.18. The fourth-order valence-corrected chi connectivity index (χ4v) is 1.71. The average molecular weight is 220 g/mol. The summed E-state index contributed by atoms with van der Waals surface area (Å²) in [6, 6.07) is 9.42. The predicted molar refractivity (Wildman–Crippen MR) is 65.6 cm³/mol. The number of hydrogen-bond donors (Lipinski definition) is 0. The maximum absolute atomic E-state index is 12.4. The minimum absolute atomic E-state index is 0.157. The van der Waals surface area contributed by atoms with E-state index in [2.05, 4.69) is 13.8 Å². The molecule has 0 aliphatic heterocycles. The van der Waals surface area contributed by atoms with Crippen LogP contribution < -0.4 is 0 Å². The van der Waals surface area contributed by atoms with Gasteiger partial charge in [-0.15, -0.1) is 0 Å². The minimum Gasteiger partial charge on any atom is -0.384 e. The second kappa shape index (κ2) is 5.26. The first kappa shape index (κ1) is 12.9. The molecule has 0 saturated heterocycles. The zero-order chi connectivity index (χ0) is 12.2. The van der Waals surface area contributed by atoms with Gasteiger partial charge in [-0.05, 0) is 12.8 Å². The average Bonchev–Trinajstić information content (AvgIpc) is 2.29. The van der Waals surface area contributed by atoms with E-state index in [0.29, 0.717) is 6.61 Å². The largest absolute Gasteiger partial charge is 0.384 e. The molecule has 1 rings (SSSR count). The van der Waals surface area contributed by atoms with Gasteiger partial charge in [0.1, 0.15) is 0 Å². The van der Waals surface area contributed by atoms with Crippen LogP contribution in [0.1, 0.15) is 31.1 Å². The molecule has 0 fully saturated rings. The molecule has 0 bridgehead atoms. The highest BCUT2D eigenvalue weighted by molar-refractivity contribution is 6.00. The third-order valence-corrected chi connectivity index (χ3v) is 3.27. The number of benzene rings is 1. The van der Waals surface area contributed by atoms with Gasteiger partial charge in [-0.3, -0.25) is 4.79 Å². The highest BCUT2D eigenvalue weighted by Gasteiger charge is 2.36. The molecule has 1 atom stereocenters. The number of hydrogen-bond acceptors (Lipinski definition) is 2. The Balaban J connectivity index is 3.01. The third kappa shape index (κ3) is 2.50. The first-order valence-corrected chi connectivity index (χ1v) is 5.61. The van der Waals surface area contributed by atoms with Crippen LogP contribution in [-0.4, -0.2) is 19.5 Å². The SMILES string of the molecule is COCC(C)(C(=O)c1ccccc1)C(C)C. The monoisotopic (exact) mass is 220 g/mol. The molecule has 0 aliphatic rings. The lowest BCUT2D eigenvalue weighted by molar-refractivity contribution is 0.0423. The molecule has 1 aromatic rings. The van der Waals surface area contributed by atoms with Crippen molar-refractivity contribution in [1.82, 2.24) is 0 Å². The van der Waals surface area contributed by atoms with Crippen molar-refractivity contribution in [2.75, 3.05) is 13.7 Å². The number of methoxy groups -OCH3 is 1. The van der Waals surface area contributed by atoms with Crippen LogP contribution in [0.4, 0.5) is 0 Å². The van der Waals surface area contributed by atoms with Gasteiger partial charge in [-0.25, -0.2) is 0 Å². The zero-order valence-corrected chi connectivity index (χ0v) is 10.5. The Labute approximate surface area is 97.6 Å². The second-order valence-corrected chi connectivity index (χ2v) is 4.70. The normalized spacial score (nSPS) is 14.8. The summed E-state index contributed by atoms with van der Waals surface area (Å²) in [5.74, 6) is 0.408. The van der Waals surface area contributed by atoms with Gasteiger partial charge in [0.15, 0.2) is 5.78 Å². The van der Waals surface area contributed by atoms with E-state index < -0.39 is 5.41 Å². The maximum Gasteiger partial charge on any atom is 0.171 e. The zero-order valence-electron chi connectivity index (χ0n) is 10.5. The molecule has 0 N–H and O–H groups in total. The molecule has 0 heterocycles.